The van der Waals surface area contributed by atoms with E-state index >= 15 is 0 Å². The van der Waals surface area contributed by atoms with Gasteiger partial charge in [-0.3, -0.25) is 14.3 Å². The first-order valence-electron chi connectivity index (χ1n) is 4.50. The average molecular weight is 342 g/mol. The molecule has 0 saturated carbocycles. The second kappa shape index (κ2) is 7.02. The second-order valence-electron chi connectivity index (χ2n) is 3.31. The Morgan fingerprint density at radius 2 is 1.30 bits per heavy atom. The summed E-state index contributed by atoms with van der Waals surface area (Å²) in [4.78, 5) is 44.0. The molecule has 8 N–H and O–H groups in total. The number of aliphatic hydroxyl groups excluding tert-OH is 4. The summed E-state index contributed by atoms with van der Waals surface area (Å²) in [5.74, 6) is -2.05. The normalized spacial score (nSPS) is 19.0. The van der Waals surface area contributed by atoms with E-state index < -0.39 is 46.2 Å². The van der Waals surface area contributed by atoms with Crippen molar-refractivity contribution in [2.45, 2.75) is 24.6 Å². The molecule has 0 rings (SSSR count). The van der Waals surface area contributed by atoms with Crippen LogP contribution in [-0.2, 0) is 23.0 Å². The van der Waals surface area contributed by atoms with E-state index in [2.05, 4.69) is 9.05 Å². The van der Waals surface area contributed by atoms with Crippen LogP contribution >= 0.6 is 15.6 Å². The van der Waals surface area contributed by atoms with Gasteiger partial charge in [0.1, 0.15) is 12.2 Å². The molecular formula is C5H12O13P2. The summed E-state index contributed by atoms with van der Waals surface area (Å²) >= 11 is 0. The van der Waals surface area contributed by atoms with Crippen molar-refractivity contribution in [2.75, 3.05) is 0 Å². The first-order valence-corrected chi connectivity index (χ1v) is 7.56. The van der Waals surface area contributed by atoms with Crippen molar-refractivity contribution in [3.8, 4) is 0 Å². The summed E-state index contributed by atoms with van der Waals surface area (Å²) < 4.78 is 27.5. The lowest BCUT2D eigenvalue weighted by Crippen LogP contribution is -2.48. The SMILES string of the molecule is O=C(OP(=O)(O)O)[C@@H](O)[C@@H](O)[C@H](O)C(O)OP(=O)(O)O. The Morgan fingerprint density at radius 1 is 0.850 bits per heavy atom. The summed E-state index contributed by atoms with van der Waals surface area (Å²) in [6, 6.07) is 0. The third-order valence-corrected chi connectivity index (χ3v) is 2.57. The molecule has 1 unspecified atom stereocenters. The monoisotopic (exact) mass is 342 g/mol. The molecule has 13 nitrogen and oxygen atoms in total. The number of hydrogen-bond donors (Lipinski definition) is 8. The zero-order valence-electron chi connectivity index (χ0n) is 9.32. The topological polar surface area (TPSA) is 232 Å². The molecule has 0 aromatic carbocycles. The first-order chi connectivity index (χ1) is 8.74. The molecule has 0 bridgehead atoms. The zero-order valence-corrected chi connectivity index (χ0v) is 11.1. The number of aliphatic hydroxyl groups is 4. The lowest BCUT2D eigenvalue weighted by atomic mass is 10.1. The van der Waals surface area contributed by atoms with Gasteiger partial charge < -0.3 is 34.7 Å². The van der Waals surface area contributed by atoms with Gasteiger partial charge in [0.25, 0.3) is 0 Å². The fraction of sp³-hybridized carbons (Fsp3) is 0.800. The Morgan fingerprint density at radius 3 is 1.65 bits per heavy atom. The zero-order chi connectivity index (χ0) is 16.3. The first kappa shape index (κ1) is 19.6. The molecule has 0 saturated heterocycles. The molecule has 0 aromatic rings. The van der Waals surface area contributed by atoms with Gasteiger partial charge in [-0.1, -0.05) is 0 Å². The lowest BCUT2D eigenvalue weighted by Gasteiger charge is -2.25. The summed E-state index contributed by atoms with van der Waals surface area (Å²) in [6.07, 6.45) is -10.6. The van der Waals surface area contributed by atoms with Crippen molar-refractivity contribution in [1.82, 2.24) is 0 Å². The average Bonchev–Trinajstić information content (AvgIpc) is 2.21. The largest absolute Gasteiger partial charge is 0.527 e. The summed E-state index contributed by atoms with van der Waals surface area (Å²) in [5.41, 5.74) is 0. The standard InChI is InChI=1S/C5H12O13P2/c6-1(2(7)4(9)17-19(11,12)13)3(8)5(10)18-20(14,15)16/h1-4,6-9H,(H2,11,12,13)(H2,14,15,16)/t1-,2-,3-,4?/m0/s1. The van der Waals surface area contributed by atoms with Gasteiger partial charge in [-0.05, 0) is 0 Å². The molecule has 0 spiro atoms. The quantitative estimate of drug-likeness (QED) is 0.164. The van der Waals surface area contributed by atoms with Crippen LogP contribution in [-0.4, -0.2) is 70.6 Å². The molecule has 0 aliphatic heterocycles. The number of phosphoric acid groups is 2. The van der Waals surface area contributed by atoms with Gasteiger partial charge >= 0.3 is 21.6 Å². The van der Waals surface area contributed by atoms with E-state index in [-0.39, 0.29) is 0 Å². The maximum atomic E-state index is 10.9. The maximum Gasteiger partial charge on any atom is 0.527 e. The van der Waals surface area contributed by atoms with Gasteiger partial charge in [-0.25, -0.2) is 13.9 Å². The Labute approximate surface area is 110 Å². The number of carbonyl (C=O) groups is 1. The van der Waals surface area contributed by atoms with Crippen LogP contribution < -0.4 is 0 Å². The third kappa shape index (κ3) is 7.38. The highest BCUT2D eigenvalue weighted by Crippen LogP contribution is 2.38. The predicted octanol–water partition coefficient (Wildman–Crippen LogP) is -3.87. The molecule has 0 fully saturated rings. The number of rotatable bonds is 7. The van der Waals surface area contributed by atoms with Crippen LogP contribution in [0.1, 0.15) is 0 Å². The fourth-order valence-electron chi connectivity index (χ4n) is 0.869. The van der Waals surface area contributed by atoms with Gasteiger partial charge in [0.05, 0.1) is 0 Å². The van der Waals surface area contributed by atoms with Crippen molar-refractivity contribution in [2.24, 2.45) is 0 Å². The Bertz CT molecular complexity index is 422. The molecule has 0 aromatic heterocycles. The van der Waals surface area contributed by atoms with Crippen molar-refractivity contribution < 1.29 is 63.0 Å². The molecule has 4 atom stereocenters. The molecule has 20 heavy (non-hydrogen) atoms. The van der Waals surface area contributed by atoms with Crippen molar-refractivity contribution in [3.05, 3.63) is 0 Å². The van der Waals surface area contributed by atoms with E-state index in [0.29, 0.717) is 0 Å². The molecular weight excluding hydrogens is 330 g/mol. The number of carbonyl (C=O) groups excluding carboxylic acids is 1. The lowest BCUT2D eigenvalue weighted by molar-refractivity contribution is -0.182. The van der Waals surface area contributed by atoms with Crippen molar-refractivity contribution in [3.63, 3.8) is 0 Å². The minimum absolute atomic E-state index is 2.05. The van der Waals surface area contributed by atoms with Gasteiger partial charge in [0, 0.05) is 0 Å². The minimum atomic E-state index is -5.32. The van der Waals surface area contributed by atoms with E-state index in [4.69, 9.17) is 34.9 Å². The molecule has 0 amide bonds. The Balaban J connectivity index is 4.72. The summed E-state index contributed by atoms with van der Waals surface area (Å²) in [7, 11) is -10.6. The molecule has 0 heterocycles. The van der Waals surface area contributed by atoms with Crippen LogP contribution in [0.15, 0.2) is 0 Å². The third-order valence-electron chi connectivity index (χ3n) is 1.66. The van der Waals surface area contributed by atoms with Gasteiger partial charge in [0.15, 0.2) is 12.4 Å². The van der Waals surface area contributed by atoms with Crippen LogP contribution in [0.25, 0.3) is 0 Å². The molecule has 120 valence electrons. The highest BCUT2D eigenvalue weighted by Gasteiger charge is 2.40. The van der Waals surface area contributed by atoms with Crippen LogP contribution in [0, 0.1) is 0 Å². The highest BCUT2D eigenvalue weighted by atomic mass is 31.2. The van der Waals surface area contributed by atoms with Crippen molar-refractivity contribution in [1.29, 1.82) is 0 Å². The molecule has 0 radical (unpaired) electrons. The highest BCUT2D eigenvalue weighted by molar-refractivity contribution is 7.47. The number of hydrogen-bond acceptors (Lipinski definition) is 9. The van der Waals surface area contributed by atoms with E-state index in [9.17, 15) is 19.0 Å². The Hall–Kier alpha value is -0.430. The van der Waals surface area contributed by atoms with Gasteiger partial charge in [-0.15, -0.1) is 0 Å². The molecule has 0 aliphatic rings. The van der Waals surface area contributed by atoms with E-state index in [1.165, 1.54) is 0 Å². The second-order valence-corrected chi connectivity index (χ2v) is 5.67. The van der Waals surface area contributed by atoms with Crippen LogP contribution in [0.3, 0.4) is 0 Å². The van der Waals surface area contributed by atoms with Gasteiger partial charge in [-0.2, -0.15) is 0 Å². The van der Waals surface area contributed by atoms with Crippen LogP contribution in [0.5, 0.6) is 0 Å². The fourth-order valence-corrected chi connectivity index (χ4v) is 1.62. The van der Waals surface area contributed by atoms with Crippen LogP contribution in [0.4, 0.5) is 0 Å². The summed E-state index contributed by atoms with van der Waals surface area (Å²) in [5, 5.41) is 36.3. The predicted molar refractivity (Wildman–Crippen MR) is 55.3 cm³/mol. The smallest absolute Gasteiger partial charge is 0.387 e. The molecule has 0 aliphatic carbocycles. The minimum Gasteiger partial charge on any atom is -0.387 e. The van der Waals surface area contributed by atoms with E-state index in [0.717, 1.165) is 0 Å². The summed E-state index contributed by atoms with van der Waals surface area (Å²) in [6.45, 7) is 0. The Kier molecular flexibility index (Phi) is 6.87. The van der Waals surface area contributed by atoms with Crippen LogP contribution in [0.2, 0.25) is 0 Å². The molecule has 15 heteroatoms. The van der Waals surface area contributed by atoms with Gasteiger partial charge in [0.2, 0.25) is 0 Å². The van der Waals surface area contributed by atoms with E-state index in [1.807, 2.05) is 0 Å². The van der Waals surface area contributed by atoms with Crippen molar-refractivity contribution >= 4 is 21.6 Å². The van der Waals surface area contributed by atoms with E-state index in [1.54, 1.807) is 0 Å². The maximum absolute atomic E-state index is 10.9. The number of phosphoric ester groups is 2.